The molecule has 3 rings (SSSR count). The first-order valence-corrected chi connectivity index (χ1v) is 10.6. The van der Waals surface area contributed by atoms with Gasteiger partial charge in [-0.25, -0.2) is 4.98 Å². The summed E-state index contributed by atoms with van der Waals surface area (Å²) in [5.74, 6) is 0.0876. The highest BCUT2D eigenvalue weighted by atomic mass is 32.1. The molecule has 1 aromatic carbocycles. The Morgan fingerprint density at radius 2 is 1.96 bits per heavy atom. The Balaban J connectivity index is 1.62. The Morgan fingerprint density at radius 3 is 2.65 bits per heavy atom. The van der Waals surface area contributed by atoms with E-state index in [0.717, 1.165) is 34.9 Å². The quantitative estimate of drug-likeness (QED) is 0.678. The van der Waals surface area contributed by atoms with Gasteiger partial charge in [-0.15, -0.1) is 11.3 Å². The number of nitrogens with one attached hydrogen (secondary N) is 1. The molecule has 0 saturated heterocycles. The van der Waals surface area contributed by atoms with E-state index in [1.807, 2.05) is 24.3 Å². The summed E-state index contributed by atoms with van der Waals surface area (Å²) in [6, 6.07) is 8.62. The van der Waals surface area contributed by atoms with Crippen molar-refractivity contribution in [1.29, 1.82) is 0 Å². The molecule has 0 unspecified atom stereocenters. The summed E-state index contributed by atoms with van der Waals surface area (Å²) in [4.78, 5) is 19.0. The van der Waals surface area contributed by atoms with Crippen LogP contribution >= 0.6 is 11.3 Å². The fourth-order valence-corrected chi connectivity index (χ4v) is 4.34. The van der Waals surface area contributed by atoms with Crippen molar-refractivity contribution >= 4 is 28.1 Å². The van der Waals surface area contributed by atoms with Crippen molar-refractivity contribution in [3.05, 3.63) is 29.6 Å². The Bertz CT molecular complexity index is 704. The zero-order valence-corrected chi connectivity index (χ0v) is 16.6. The van der Waals surface area contributed by atoms with Crippen LogP contribution in [0, 0.1) is 0 Å². The first kappa shape index (κ1) is 18.9. The molecular weight excluding hydrogens is 342 g/mol. The normalized spacial score (nSPS) is 15.0. The van der Waals surface area contributed by atoms with Crippen LogP contribution in [0.3, 0.4) is 0 Å². The number of hydrogen-bond donors (Lipinski definition) is 1. The van der Waals surface area contributed by atoms with E-state index in [4.69, 9.17) is 4.98 Å². The van der Waals surface area contributed by atoms with Crippen molar-refractivity contribution in [3.63, 3.8) is 0 Å². The molecule has 0 spiro atoms. The fraction of sp³-hybridized carbons (Fsp3) is 0.524. The average molecular weight is 372 g/mol. The second-order valence-electron chi connectivity index (χ2n) is 7.15. The molecule has 1 amide bonds. The largest absolute Gasteiger partial charge is 0.348 e. The van der Waals surface area contributed by atoms with Gasteiger partial charge in [0.1, 0.15) is 0 Å². The summed E-state index contributed by atoms with van der Waals surface area (Å²) in [6.45, 7) is 2.09. The molecule has 0 radical (unpaired) electrons. The highest BCUT2D eigenvalue weighted by Crippen LogP contribution is 2.31. The number of benzene rings is 1. The van der Waals surface area contributed by atoms with Gasteiger partial charge in [0.15, 0.2) is 5.13 Å². The monoisotopic (exact) mass is 371 g/mol. The van der Waals surface area contributed by atoms with Crippen LogP contribution in [-0.4, -0.2) is 24.0 Å². The molecule has 1 heterocycles. The third-order valence-electron chi connectivity index (χ3n) is 5.14. The lowest BCUT2D eigenvalue weighted by molar-refractivity contribution is -0.116. The molecule has 1 saturated carbocycles. The lowest BCUT2D eigenvalue weighted by atomic mass is 9.95. The number of rotatable bonds is 7. The molecule has 1 aliphatic rings. The highest BCUT2D eigenvalue weighted by Gasteiger charge is 2.20. The number of unbranched alkanes of at least 4 members (excludes halogenated alkanes) is 1. The zero-order chi connectivity index (χ0) is 18.4. The average Bonchev–Trinajstić information content (AvgIpc) is 3.17. The predicted molar refractivity (Wildman–Crippen MR) is 111 cm³/mol. The topological polar surface area (TPSA) is 45.2 Å². The van der Waals surface area contributed by atoms with Crippen molar-refractivity contribution in [3.8, 4) is 11.3 Å². The van der Waals surface area contributed by atoms with E-state index in [9.17, 15) is 4.79 Å². The molecule has 1 fully saturated rings. The first-order chi connectivity index (χ1) is 12.7. The van der Waals surface area contributed by atoms with E-state index in [1.165, 1.54) is 32.1 Å². The Labute approximate surface area is 160 Å². The van der Waals surface area contributed by atoms with Gasteiger partial charge in [-0.3, -0.25) is 4.79 Å². The van der Waals surface area contributed by atoms with Gasteiger partial charge in [0, 0.05) is 36.1 Å². The number of thiazole rings is 1. The van der Waals surface area contributed by atoms with Gasteiger partial charge < -0.3 is 10.2 Å². The van der Waals surface area contributed by atoms with E-state index < -0.39 is 0 Å². The summed E-state index contributed by atoms with van der Waals surface area (Å²) in [7, 11) is 2.17. The van der Waals surface area contributed by atoms with Crippen molar-refractivity contribution in [2.45, 2.75) is 64.3 Å². The molecular formula is C21H29N3OS. The second-order valence-corrected chi connectivity index (χ2v) is 7.98. The molecule has 1 aliphatic carbocycles. The molecule has 140 valence electrons. The van der Waals surface area contributed by atoms with Crippen molar-refractivity contribution < 1.29 is 4.79 Å². The zero-order valence-electron chi connectivity index (χ0n) is 15.8. The number of anilines is 2. The standard InChI is InChI=1S/C21H29N3OS/c1-3-4-10-20(25)22-17-13-11-16(12-14-17)19-15-26-21(23-19)24(2)18-8-6-5-7-9-18/h11-15,18H,3-10H2,1-2H3,(H,22,25). The minimum atomic E-state index is 0.0876. The van der Waals surface area contributed by atoms with Gasteiger partial charge in [0.25, 0.3) is 0 Å². The number of hydrogen-bond acceptors (Lipinski definition) is 4. The van der Waals surface area contributed by atoms with Crippen molar-refractivity contribution in [2.24, 2.45) is 0 Å². The van der Waals surface area contributed by atoms with Gasteiger partial charge in [-0.05, 0) is 31.4 Å². The number of nitrogens with zero attached hydrogens (tertiary/aromatic N) is 2. The van der Waals surface area contributed by atoms with E-state index in [0.29, 0.717) is 12.5 Å². The minimum absolute atomic E-state index is 0.0876. The number of amides is 1. The molecule has 1 N–H and O–H groups in total. The lowest BCUT2D eigenvalue weighted by Crippen LogP contribution is -2.33. The second kappa shape index (κ2) is 9.17. The van der Waals surface area contributed by atoms with Gasteiger partial charge in [0.2, 0.25) is 5.91 Å². The summed E-state index contributed by atoms with van der Waals surface area (Å²) in [5.41, 5.74) is 2.96. The first-order valence-electron chi connectivity index (χ1n) is 9.76. The van der Waals surface area contributed by atoms with Crippen LogP contribution < -0.4 is 10.2 Å². The maximum Gasteiger partial charge on any atom is 0.224 e. The van der Waals surface area contributed by atoms with Crippen LogP contribution in [0.1, 0.15) is 58.3 Å². The van der Waals surface area contributed by atoms with Crippen LogP contribution in [-0.2, 0) is 4.79 Å². The van der Waals surface area contributed by atoms with Crippen LogP contribution in [0.25, 0.3) is 11.3 Å². The van der Waals surface area contributed by atoms with Gasteiger partial charge in [0.05, 0.1) is 5.69 Å². The number of aromatic nitrogens is 1. The number of carbonyl (C=O) groups excluding carboxylic acids is 1. The Morgan fingerprint density at radius 1 is 1.23 bits per heavy atom. The molecule has 4 nitrogen and oxygen atoms in total. The Kier molecular flexibility index (Phi) is 6.67. The molecule has 2 aromatic rings. The van der Waals surface area contributed by atoms with E-state index in [1.54, 1.807) is 11.3 Å². The van der Waals surface area contributed by atoms with Gasteiger partial charge in [-0.2, -0.15) is 0 Å². The summed E-state index contributed by atoms with van der Waals surface area (Å²) >= 11 is 1.72. The third kappa shape index (κ3) is 4.85. The number of carbonyl (C=O) groups is 1. The highest BCUT2D eigenvalue weighted by molar-refractivity contribution is 7.14. The predicted octanol–water partition coefficient (Wildman–Crippen LogP) is 5.71. The fourth-order valence-electron chi connectivity index (χ4n) is 3.47. The minimum Gasteiger partial charge on any atom is -0.348 e. The smallest absolute Gasteiger partial charge is 0.224 e. The van der Waals surface area contributed by atoms with Crippen molar-refractivity contribution in [2.75, 3.05) is 17.3 Å². The molecule has 5 heteroatoms. The SMILES string of the molecule is CCCCC(=O)Nc1ccc(-c2csc(N(C)C3CCCCC3)n2)cc1. The summed E-state index contributed by atoms with van der Waals surface area (Å²) in [5, 5.41) is 6.19. The van der Waals surface area contributed by atoms with Gasteiger partial charge in [-0.1, -0.05) is 44.7 Å². The molecule has 0 atom stereocenters. The van der Waals surface area contributed by atoms with Crippen LogP contribution in [0.4, 0.5) is 10.8 Å². The van der Waals surface area contributed by atoms with Crippen LogP contribution in [0.5, 0.6) is 0 Å². The third-order valence-corrected chi connectivity index (χ3v) is 6.07. The van der Waals surface area contributed by atoms with Crippen LogP contribution in [0.15, 0.2) is 29.6 Å². The van der Waals surface area contributed by atoms with Gasteiger partial charge >= 0.3 is 0 Å². The molecule has 0 aliphatic heterocycles. The lowest BCUT2D eigenvalue weighted by Gasteiger charge is -2.30. The van der Waals surface area contributed by atoms with Crippen molar-refractivity contribution in [1.82, 2.24) is 4.98 Å². The Hall–Kier alpha value is -1.88. The maximum absolute atomic E-state index is 11.8. The summed E-state index contributed by atoms with van der Waals surface area (Å²) < 4.78 is 0. The van der Waals surface area contributed by atoms with Crippen LogP contribution in [0.2, 0.25) is 0 Å². The molecule has 26 heavy (non-hydrogen) atoms. The van der Waals surface area contributed by atoms with E-state index in [2.05, 4.69) is 29.6 Å². The van der Waals surface area contributed by atoms with E-state index >= 15 is 0 Å². The molecule has 1 aromatic heterocycles. The maximum atomic E-state index is 11.8. The summed E-state index contributed by atoms with van der Waals surface area (Å²) in [6.07, 6.45) is 9.14. The molecule has 0 bridgehead atoms. The van der Waals surface area contributed by atoms with E-state index in [-0.39, 0.29) is 5.91 Å².